The number of furan rings is 1. The lowest BCUT2D eigenvalue weighted by molar-refractivity contribution is 0.271. The van der Waals surface area contributed by atoms with Gasteiger partial charge in [-0.1, -0.05) is 13.8 Å². The number of nitrogen functional groups attached to an aromatic ring is 1. The van der Waals surface area contributed by atoms with Crippen molar-refractivity contribution in [2.24, 2.45) is 5.92 Å². The molecule has 0 atom stereocenters. The highest BCUT2D eigenvalue weighted by Gasteiger charge is 2.06. The van der Waals surface area contributed by atoms with E-state index in [0.29, 0.717) is 18.2 Å². The summed E-state index contributed by atoms with van der Waals surface area (Å²) < 4.78 is 11.3. The molecule has 3 heteroatoms. The van der Waals surface area contributed by atoms with Crippen LogP contribution in [0.5, 0.6) is 5.75 Å². The summed E-state index contributed by atoms with van der Waals surface area (Å²) in [6.07, 6.45) is 0. The molecular weight excluding hydrogens is 226 g/mol. The minimum Gasteiger partial charge on any atom is -0.493 e. The third-order valence-electron chi connectivity index (χ3n) is 2.54. The van der Waals surface area contributed by atoms with Gasteiger partial charge in [-0.3, -0.25) is 0 Å². The van der Waals surface area contributed by atoms with Crippen LogP contribution >= 0.6 is 0 Å². The number of ether oxygens (including phenoxy) is 1. The minimum atomic E-state index is 0.487. The summed E-state index contributed by atoms with van der Waals surface area (Å²) in [5, 5.41) is 0. The van der Waals surface area contributed by atoms with Gasteiger partial charge in [0.1, 0.15) is 17.3 Å². The molecule has 0 saturated heterocycles. The first-order valence-corrected chi connectivity index (χ1v) is 6.15. The molecule has 0 unspecified atom stereocenters. The molecule has 0 aliphatic carbocycles. The second-order valence-electron chi connectivity index (χ2n) is 4.91. The summed E-state index contributed by atoms with van der Waals surface area (Å²) in [5.74, 6) is 2.97. The highest BCUT2D eigenvalue weighted by Crippen LogP contribution is 2.28. The van der Waals surface area contributed by atoms with Gasteiger partial charge in [0, 0.05) is 17.3 Å². The third kappa shape index (κ3) is 3.06. The summed E-state index contributed by atoms with van der Waals surface area (Å²) in [5.41, 5.74) is 7.52. The molecule has 96 valence electrons. The van der Waals surface area contributed by atoms with Gasteiger partial charge < -0.3 is 14.9 Å². The Hall–Kier alpha value is -1.90. The maximum absolute atomic E-state index is 5.89. The maximum Gasteiger partial charge on any atom is 0.134 e. The lowest BCUT2D eigenvalue weighted by Gasteiger charge is -2.10. The molecule has 1 aromatic carbocycles. The molecule has 3 nitrogen and oxygen atoms in total. The molecule has 0 bridgehead atoms. The molecule has 0 radical (unpaired) electrons. The lowest BCUT2D eigenvalue weighted by atomic mass is 10.1. The number of anilines is 1. The maximum atomic E-state index is 5.89. The zero-order chi connectivity index (χ0) is 13.1. The number of aryl methyl sites for hydroxylation is 1. The highest BCUT2D eigenvalue weighted by atomic mass is 16.5. The van der Waals surface area contributed by atoms with Crippen LogP contribution in [0.3, 0.4) is 0 Å². The summed E-state index contributed by atoms with van der Waals surface area (Å²) >= 11 is 0. The van der Waals surface area contributed by atoms with Crippen LogP contribution in [0.15, 0.2) is 34.7 Å². The van der Waals surface area contributed by atoms with Gasteiger partial charge in [0.05, 0.1) is 6.61 Å². The van der Waals surface area contributed by atoms with Crippen molar-refractivity contribution >= 4 is 5.69 Å². The van der Waals surface area contributed by atoms with Gasteiger partial charge in [-0.05, 0) is 37.1 Å². The molecule has 0 aliphatic rings. The first-order chi connectivity index (χ1) is 8.54. The van der Waals surface area contributed by atoms with Gasteiger partial charge in [0.25, 0.3) is 0 Å². The van der Waals surface area contributed by atoms with E-state index in [4.69, 9.17) is 14.9 Å². The normalized spacial score (nSPS) is 10.9. The largest absolute Gasteiger partial charge is 0.493 e. The van der Waals surface area contributed by atoms with Crippen LogP contribution in [-0.4, -0.2) is 6.61 Å². The van der Waals surface area contributed by atoms with Crippen LogP contribution in [0.4, 0.5) is 5.69 Å². The fraction of sp³-hybridized carbons (Fsp3) is 0.333. The lowest BCUT2D eigenvalue weighted by Crippen LogP contribution is -2.04. The molecule has 0 fully saturated rings. The second-order valence-corrected chi connectivity index (χ2v) is 4.91. The molecule has 0 saturated carbocycles. The van der Waals surface area contributed by atoms with Crippen molar-refractivity contribution in [2.75, 3.05) is 12.3 Å². The first-order valence-electron chi connectivity index (χ1n) is 6.15. The topological polar surface area (TPSA) is 48.4 Å². The van der Waals surface area contributed by atoms with Gasteiger partial charge in [0.2, 0.25) is 0 Å². The molecule has 0 spiro atoms. The van der Waals surface area contributed by atoms with E-state index in [0.717, 1.165) is 22.8 Å². The SMILES string of the molecule is Cc1ccc(-c2cc(N)cc(OCC(C)C)c2)o1. The van der Waals surface area contributed by atoms with Crippen LogP contribution in [0.1, 0.15) is 19.6 Å². The molecule has 2 aromatic rings. The number of benzene rings is 1. The Morgan fingerprint density at radius 3 is 2.61 bits per heavy atom. The van der Waals surface area contributed by atoms with E-state index in [9.17, 15) is 0 Å². The van der Waals surface area contributed by atoms with E-state index in [2.05, 4.69) is 13.8 Å². The van der Waals surface area contributed by atoms with Crippen LogP contribution in [0.2, 0.25) is 0 Å². The summed E-state index contributed by atoms with van der Waals surface area (Å²) in [4.78, 5) is 0. The van der Waals surface area contributed by atoms with Crippen LogP contribution in [0.25, 0.3) is 11.3 Å². The van der Waals surface area contributed by atoms with Crippen molar-refractivity contribution in [3.8, 4) is 17.1 Å². The van der Waals surface area contributed by atoms with Gasteiger partial charge in [-0.2, -0.15) is 0 Å². The van der Waals surface area contributed by atoms with Crippen molar-refractivity contribution in [1.29, 1.82) is 0 Å². The average Bonchev–Trinajstić information content (AvgIpc) is 2.72. The standard InChI is InChI=1S/C15H19NO2/c1-10(2)9-17-14-7-12(6-13(16)8-14)15-5-4-11(3)18-15/h4-8,10H,9,16H2,1-3H3. The number of rotatable bonds is 4. The van der Waals surface area contributed by atoms with Gasteiger partial charge >= 0.3 is 0 Å². The zero-order valence-corrected chi connectivity index (χ0v) is 11.1. The van der Waals surface area contributed by atoms with E-state index >= 15 is 0 Å². The number of hydrogen-bond acceptors (Lipinski definition) is 3. The van der Waals surface area contributed by atoms with Gasteiger partial charge in [0.15, 0.2) is 0 Å². The van der Waals surface area contributed by atoms with Gasteiger partial charge in [-0.25, -0.2) is 0 Å². The van der Waals surface area contributed by atoms with Crippen molar-refractivity contribution in [3.05, 3.63) is 36.1 Å². The van der Waals surface area contributed by atoms with Crippen molar-refractivity contribution in [3.63, 3.8) is 0 Å². The summed E-state index contributed by atoms with van der Waals surface area (Å²) in [6, 6.07) is 9.56. The van der Waals surface area contributed by atoms with Crippen molar-refractivity contribution in [2.45, 2.75) is 20.8 Å². The monoisotopic (exact) mass is 245 g/mol. The molecule has 2 N–H and O–H groups in total. The van der Waals surface area contributed by atoms with E-state index < -0.39 is 0 Å². The molecular formula is C15H19NO2. The first kappa shape index (κ1) is 12.6. The van der Waals surface area contributed by atoms with Crippen LogP contribution in [-0.2, 0) is 0 Å². The quantitative estimate of drug-likeness (QED) is 0.832. The molecule has 18 heavy (non-hydrogen) atoms. The Bertz CT molecular complexity index is 529. The third-order valence-corrected chi connectivity index (χ3v) is 2.54. The fourth-order valence-electron chi connectivity index (χ4n) is 1.70. The van der Waals surface area contributed by atoms with Gasteiger partial charge in [-0.15, -0.1) is 0 Å². The zero-order valence-electron chi connectivity index (χ0n) is 11.1. The van der Waals surface area contributed by atoms with Crippen LogP contribution in [0, 0.1) is 12.8 Å². The van der Waals surface area contributed by atoms with Crippen LogP contribution < -0.4 is 10.5 Å². The van der Waals surface area contributed by atoms with E-state index in [1.807, 2.05) is 37.3 Å². The van der Waals surface area contributed by atoms with E-state index in [1.165, 1.54) is 0 Å². The Morgan fingerprint density at radius 2 is 2.00 bits per heavy atom. The van der Waals surface area contributed by atoms with Crippen molar-refractivity contribution in [1.82, 2.24) is 0 Å². The predicted octanol–water partition coefficient (Wildman–Crippen LogP) is 3.87. The van der Waals surface area contributed by atoms with E-state index in [-0.39, 0.29) is 0 Å². The highest BCUT2D eigenvalue weighted by molar-refractivity contribution is 5.66. The minimum absolute atomic E-state index is 0.487. The van der Waals surface area contributed by atoms with E-state index in [1.54, 1.807) is 0 Å². The second kappa shape index (κ2) is 5.17. The molecule has 2 rings (SSSR count). The predicted molar refractivity (Wildman–Crippen MR) is 73.6 cm³/mol. The smallest absolute Gasteiger partial charge is 0.134 e. The average molecular weight is 245 g/mol. The Kier molecular flexibility index (Phi) is 3.60. The molecule has 0 amide bonds. The fourth-order valence-corrected chi connectivity index (χ4v) is 1.70. The Morgan fingerprint density at radius 1 is 1.22 bits per heavy atom. The Labute approximate surface area is 108 Å². The number of nitrogens with two attached hydrogens (primary N) is 1. The summed E-state index contributed by atoms with van der Waals surface area (Å²) in [7, 11) is 0. The number of hydrogen-bond donors (Lipinski definition) is 1. The summed E-state index contributed by atoms with van der Waals surface area (Å²) in [6.45, 7) is 6.83. The molecule has 0 aliphatic heterocycles. The molecule has 1 aromatic heterocycles. The van der Waals surface area contributed by atoms with Crippen molar-refractivity contribution < 1.29 is 9.15 Å². The Balaban J connectivity index is 2.26. The molecule has 1 heterocycles.